The minimum atomic E-state index is 0.216. The first-order valence-electron chi connectivity index (χ1n) is 9.74. The molecule has 0 aliphatic carbocycles. The number of rotatable bonds is 4. The summed E-state index contributed by atoms with van der Waals surface area (Å²) < 4.78 is 17.0. The zero-order valence-corrected chi connectivity index (χ0v) is 16.5. The number of oxazole rings is 1. The fourth-order valence-electron chi connectivity index (χ4n) is 4.06. The van der Waals surface area contributed by atoms with Crippen molar-refractivity contribution in [2.45, 2.75) is 18.8 Å². The van der Waals surface area contributed by atoms with Gasteiger partial charge < -0.3 is 18.8 Å². The van der Waals surface area contributed by atoms with Gasteiger partial charge in [0.15, 0.2) is 28.8 Å². The highest BCUT2D eigenvalue weighted by Gasteiger charge is 2.27. The van der Waals surface area contributed by atoms with E-state index in [0.29, 0.717) is 11.5 Å². The Bertz CT molecular complexity index is 1140. The number of anilines is 1. The average molecular weight is 390 g/mol. The largest absolute Gasteiger partial charge is 0.493 e. The van der Waals surface area contributed by atoms with Gasteiger partial charge in [0.05, 0.1) is 26.3 Å². The minimum absolute atomic E-state index is 0.216. The molecule has 2 aromatic carbocycles. The van der Waals surface area contributed by atoms with Gasteiger partial charge in [-0.1, -0.05) is 12.1 Å². The van der Waals surface area contributed by atoms with Crippen LogP contribution in [0.15, 0.2) is 47.0 Å². The van der Waals surface area contributed by atoms with Gasteiger partial charge in [0.1, 0.15) is 5.52 Å². The fraction of sp³-hybridized carbons (Fsp3) is 0.318. The monoisotopic (exact) mass is 390 g/mol. The van der Waals surface area contributed by atoms with Crippen molar-refractivity contribution in [3.05, 3.63) is 48.5 Å². The summed E-state index contributed by atoms with van der Waals surface area (Å²) in [6.07, 6.45) is 3.83. The quantitative estimate of drug-likeness (QED) is 0.518. The number of piperidine rings is 1. The van der Waals surface area contributed by atoms with E-state index in [9.17, 15) is 0 Å². The second-order valence-electron chi connectivity index (χ2n) is 7.27. The van der Waals surface area contributed by atoms with E-state index in [2.05, 4.69) is 15.1 Å². The van der Waals surface area contributed by atoms with Gasteiger partial charge in [-0.2, -0.15) is 5.10 Å². The minimum Gasteiger partial charge on any atom is -0.493 e. The molecule has 29 heavy (non-hydrogen) atoms. The highest BCUT2D eigenvalue weighted by Crippen LogP contribution is 2.37. The summed E-state index contributed by atoms with van der Waals surface area (Å²) in [4.78, 5) is 6.98. The van der Waals surface area contributed by atoms with Crippen molar-refractivity contribution in [1.29, 1.82) is 0 Å². The van der Waals surface area contributed by atoms with Gasteiger partial charge in [-0.25, -0.2) is 4.98 Å². The molecule has 3 heterocycles. The average Bonchev–Trinajstić information content (AvgIpc) is 3.22. The molecule has 0 bridgehead atoms. The molecule has 5 rings (SSSR count). The van der Waals surface area contributed by atoms with Gasteiger partial charge in [-0.3, -0.25) is 0 Å². The van der Waals surface area contributed by atoms with E-state index in [-0.39, 0.29) is 5.92 Å². The summed E-state index contributed by atoms with van der Waals surface area (Å²) in [6, 6.07) is 11.8. The standard InChI is InChI=1S/C22H22N4O3/c1-27-19-10-15-12-23-25-21(16(15)11-20(19)28-2)26-9-5-6-14(13-26)22-24-17-7-3-4-8-18(17)29-22/h3-4,7-8,10-12,14H,5-6,9,13H2,1-2H3. The zero-order chi connectivity index (χ0) is 19.8. The Labute approximate surface area is 168 Å². The van der Waals surface area contributed by atoms with Crippen LogP contribution in [0.2, 0.25) is 0 Å². The maximum Gasteiger partial charge on any atom is 0.200 e. The summed E-state index contributed by atoms with van der Waals surface area (Å²) in [5, 5.41) is 10.7. The molecule has 1 fully saturated rings. The molecular formula is C22H22N4O3. The van der Waals surface area contributed by atoms with Gasteiger partial charge >= 0.3 is 0 Å². The zero-order valence-electron chi connectivity index (χ0n) is 16.5. The van der Waals surface area contributed by atoms with Crippen molar-refractivity contribution in [2.75, 3.05) is 32.2 Å². The van der Waals surface area contributed by atoms with Crippen LogP contribution in [0.25, 0.3) is 21.9 Å². The smallest absolute Gasteiger partial charge is 0.200 e. The second-order valence-corrected chi connectivity index (χ2v) is 7.27. The van der Waals surface area contributed by atoms with Crippen LogP contribution in [-0.4, -0.2) is 42.5 Å². The molecule has 1 atom stereocenters. The molecule has 0 amide bonds. The van der Waals surface area contributed by atoms with E-state index < -0.39 is 0 Å². The van der Waals surface area contributed by atoms with E-state index >= 15 is 0 Å². The Hall–Kier alpha value is -3.35. The summed E-state index contributed by atoms with van der Waals surface area (Å²) in [5.74, 6) is 3.23. The van der Waals surface area contributed by atoms with Crippen LogP contribution in [-0.2, 0) is 0 Å². The number of methoxy groups -OCH3 is 2. The van der Waals surface area contributed by atoms with Crippen LogP contribution in [0.3, 0.4) is 0 Å². The van der Waals surface area contributed by atoms with Crippen molar-refractivity contribution in [2.24, 2.45) is 0 Å². The van der Waals surface area contributed by atoms with Gasteiger partial charge in [0.25, 0.3) is 0 Å². The van der Waals surface area contributed by atoms with Gasteiger partial charge in [0, 0.05) is 23.9 Å². The van der Waals surface area contributed by atoms with Crippen LogP contribution in [0.1, 0.15) is 24.7 Å². The molecule has 1 aliphatic rings. The molecule has 0 saturated carbocycles. The number of nitrogens with zero attached hydrogens (tertiary/aromatic N) is 4. The van der Waals surface area contributed by atoms with Crippen LogP contribution < -0.4 is 14.4 Å². The summed E-state index contributed by atoms with van der Waals surface area (Å²) in [5.41, 5.74) is 1.74. The lowest BCUT2D eigenvalue weighted by Crippen LogP contribution is -2.35. The predicted octanol–water partition coefficient (Wildman–Crippen LogP) is 4.17. The first-order chi connectivity index (χ1) is 14.3. The van der Waals surface area contributed by atoms with Crippen LogP contribution in [0.4, 0.5) is 5.82 Å². The second kappa shape index (κ2) is 7.24. The van der Waals surface area contributed by atoms with Gasteiger partial charge in [-0.05, 0) is 37.1 Å². The van der Waals surface area contributed by atoms with Crippen LogP contribution in [0.5, 0.6) is 11.5 Å². The number of hydrogen-bond donors (Lipinski definition) is 0. The fourth-order valence-corrected chi connectivity index (χ4v) is 4.06. The Morgan fingerprint density at radius 1 is 1.10 bits per heavy atom. The molecule has 0 N–H and O–H groups in total. The van der Waals surface area contributed by atoms with Crippen molar-refractivity contribution >= 4 is 27.7 Å². The third-order valence-electron chi connectivity index (χ3n) is 5.53. The van der Waals surface area contributed by atoms with Crippen molar-refractivity contribution in [1.82, 2.24) is 15.2 Å². The third kappa shape index (κ3) is 3.12. The Kier molecular flexibility index (Phi) is 4.42. The Balaban J connectivity index is 1.51. The number of ether oxygens (including phenoxy) is 2. The molecule has 1 unspecified atom stereocenters. The Morgan fingerprint density at radius 3 is 2.76 bits per heavy atom. The lowest BCUT2D eigenvalue weighted by Gasteiger charge is -2.32. The number of hydrogen-bond acceptors (Lipinski definition) is 7. The predicted molar refractivity (Wildman–Crippen MR) is 111 cm³/mol. The highest BCUT2D eigenvalue weighted by molar-refractivity contribution is 5.94. The third-order valence-corrected chi connectivity index (χ3v) is 5.53. The lowest BCUT2D eigenvalue weighted by atomic mass is 9.97. The van der Waals surface area contributed by atoms with E-state index in [4.69, 9.17) is 18.9 Å². The van der Waals surface area contributed by atoms with Crippen molar-refractivity contribution < 1.29 is 13.9 Å². The van der Waals surface area contributed by atoms with Crippen molar-refractivity contribution in [3.8, 4) is 11.5 Å². The van der Waals surface area contributed by atoms with Crippen LogP contribution in [0, 0.1) is 0 Å². The molecule has 7 nitrogen and oxygen atoms in total. The Morgan fingerprint density at radius 2 is 1.93 bits per heavy atom. The number of benzene rings is 2. The number of fused-ring (bicyclic) bond motifs is 2. The lowest BCUT2D eigenvalue weighted by molar-refractivity contribution is 0.356. The molecule has 7 heteroatoms. The molecule has 1 saturated heterocycles. The molecule has 0 spiro atoms. The van der Waals surface area contributed by atoms with E-state index in [1.807, 2.05) is 36.4 Å². The molecule has 2 aromatic heterocycles. The topological polar surface area (TPSA) is 73.5 Å². The molecule has 4 aromatic rings. The number of aromatic nitrogens is 3. The summed E-state index contributed by atoms with van der Waals surface area (Å²) in [7, 11) is 3.27. The molecule has 148 valence electrons. The number of para-hydroxylation sites is 2. The van der Waals surface area contributed by atoms with Gasteiger partial charge in [0.2, 0.25) is 0 Å². The molecule has 1 aliphatic heterocycles. The first-order valence-corrected chi connectivity index (χ1v) is 9.74. The van der Waals surface area contributed by atoms with Crippen molar-refractivity contribution in [3.63, 3.8) is 0 Å². The normalized spacial score (nSPS) is 17.0. The van der Waals surface area contributed by atoms with E-state index in [0.717, 1.165) is 59.5 Å². The van der Waals surface area contributed by atoms with Gasteiger partial charge in [-0.15, -0.1) is 5.10 Å². The highest BCUT2D eigenvalue weighted by atomic mass is 16.5. The van der Waals surface area contributed by atoms with E-state index in [1.165, 1.54) is 0 Å². The molecular weight excluding hydrogens is 368 g/mol. The molecule has 0 radical (unpaired) electrons. The van der Waals surface area contributed by atoms with E-state index in [1.54, 1.807) is 20.4 Å². The summed E-state index contributed by atoms with van der Waals surface area (Å²) in [6.45, 7) is 1.70. The maximum absolute atomic E-state index is 6.04. The SMILES string of the molecule is COc1cc2cnnc(N3CCCC(c4nc5ccccc5o4)C3)c2cc1OC. The van der Waals surface area contributed by atoms with Crippen LogP contribution >= 0.6 is 0 Å². The first kappa shape index (κ1) is 17.7. The summed E-state index contributed by atoms with van der Waals surface area (Å²) >= 11 is 0. The maximum atomic E-state index is 6.04.